The van der Waals surface area contributed by atoms with Crippen LogP contribution in [0.15, 0.2) is 0 Å². The summed E-state index contributed by atoms with van der Waals surface area (Å²) in [6.45, 7) is 5.68. The third-order valence-electron chi connectivity index (χ3n) is 6.18. The summed E-state index contributed by atoms with van der Waals surface area (Å²) < 4.78 is 0. The number of nitrogens with two attached hydrogens (primary N) is 1. The normalized spacial score (nSPS) is 39.1. The van der Waals surface area contributed by atoms with Gasteiger partial charge in [0.15, 0.2) is 0 Å². The molecule has 0 aliphatic heterocycles. The van der Waals surface area contributed by atoms with Gasteiger partial charge in [-0.3, -0.25) is 4.90 Å². The quantitative estimate of drug-likeness (QED) is 0.823. The fourth-order valence-electron chi connectivity index (χ4n) is 4.89. The molecule has 118 valence electrons. The van der Waals surface area contributed by atoms with Crippen molar-refractivity contribution >= 4 is 0 Å². The summed E-state index contributed by atoms with van der Waals surface area (Å²) in [6, 6.07) is 1.55. The molecular weight excluding hydrogens is 244 g/mol. The van der Waals surface area contributed by atoms with Crippen LogP contribution in [0.2, 0.25) is 0 Å². The molecule has 20 heavy (non-hydrogen) atoms. The molecule has 2 fully saturated rings. The SMILES string of the molecule is CCCC1CCC(CN)C(N(C)C2CCCCC2C)C1. The zero-order valence-corrected chi connectivity index (χ0v) is 14.0. The minimum Gasteiger partial charge on any atom is -0.330 e. The van der Waals surface area contributed by atoms with Crippen molar-refractivity contribution < 1.29 is 0 Å². The van der Waals surface area contributed by atoms with Gasteiger partial charge in [0.1, 0.15) is 0 Å². The third kappa shape index (κ3) is 3.76. The van der Waals surface area contributed by atoms with E-state index in [-0.39, 0.29) is 0 Å². The molecule has 0 spiro atoms. The molecule has 2 rings (SSSR count). The lowest BCUT2D eigenvalue weighted by molar-refractivity contribution is 0.0319. The minimum atomic E-state index is 0.738. The lowest BCUT2D eigenvalue weighted by Crippen LogP contribution is -2.51. The van der Waals surface area contributed by atoms with Crippen LogP contribution in [0.3, 0.4) is 0 Å². The summed E-state index contributed by atoms with van der Waals surface area (Å²) >= 11 is 0. The van der Waals surface area contributed by atoms with E-state index in [1.807, 2.05) is 0 Å². The number of hydrogen-bond donors (Lipinski definition) is 1. The maximum absolute atomic E-state index is 6.09. The highest BCUT2D eigenvalue weighted by Crippen LogP contribution is 2.37. The summed E-state index contributed by atoms with van der Waals surface area (Å²) in [5, 5.41) is 0. The highest BCUT2D eigenvalue weighted by atomic mass is 15.2. The lowest BCUT2D eigenvalue weighted by atomic mass is 9.74. The molecule has 0 aromatic heterocycles. The Labute approximate surface area is 126 Å². The Morgan fingerprint density at radius 2 is 1.80 bits per heavy atom. The van der Waals surface area contributed by atoms with E-state index in [0.29, 0.717) is 0 Å². The van der Waals surface area contributed by atoms with Crippen molar-refractivity contribution in [3.63, 3.8) is 0 Å². The fourth-order valence-corrected chi connectivity index (χ4v) is 4.89. The first-order valence-electron chi connectivity index (χ1n) is 9.09. The monoisotopic (exact) mass is 280 g/mol. The molecule has 2 nitrogen and oxygen atoms in total. The first-order chi connectivity index (χ1) is 9.67. The van der Waals surface area contributed by atoms with Crippen LogP contribution in [0, 0.1) is 17.8 Å². The molecule has 2 saturated carbocycles. The Morgan fingerprint density at radius 1 is 1.05 bits per heavy atom. The van der Waals surface area contributed by atoms with Crippen LogP contribution in [0.1, 0.15) is 71.6 Å². The molecule has 0 saturated heterocycles. The average molecular weight is 281 g/mol. The standard InChI is InChI=1S/C18H36N2/c1-4-7-15-10-11-16(13-19)18(12-15)20(3)17-9-6-5-8-14(17)2/h14-18H,4-13,19H2,1-3H3. The first-order valence-corrected chi connectivity index (χ1v) is 9.09. The van der Waals surface area contributed by atoms with Gasteiger partial charge < -0.3 is 5.73 Å². The molecule has 0 heterocycles. The van der Waals surface area contributed by atoms with E-state index in [0.717, 1.165) is 36.4 Å². The largest absolute Gasteiger partial charge is 0.330 e. The number of nitrogens with zero attached hydrogens (tertiary/aromatic N) is 1. The van der Waals surface area contributed by atoms with Crippen molar-refractivity contribution in [2.75, 3.05) is 13.6 Å². The Balaban J connectivity index is 2.01. The highest BCUT2D eigenvalue weighted by Gasteiger charge is 2.36. The molecule has 5 unspecified atom stereocenters. The van der Waals surface area contributed by atoms with Crippen LogP contribution in [0.4, 0.5) is 0 Å². The fraction of sp³-hybridized carbons (Fsp3) is 1.00. The molecule has 0 amide bonds. The molecule has 0 bridgehead atoms. The van der Waals surface area contributed by atoms with E-state index in [1.165, 1.54) is 57.8 Å². The molecule has 2 N–H and O–H groups in total. The smallest absolute Gasteiger partial charge is 0.0138 e. The van der Waals surface area contributed by atoms with Crippen LogP contribution in [-0.2, 0) is 0 Å². The maximum atomic E-state index is 6.09. The van der Waals surface area contributed by atoms with Crippen LogP contribution in [-0.4, -0.2) is 30.6 Å². The average Bonchev–Trinajstić information content (AvgIpc) is 2.47. The van der Waals surface area contributed by atoms with Gasteiger partial charge in [-0.15, -0.1) is 0 Å². The summed E-state index contributed by atoms with van der Waals surface area (Å²) in [5.74, 6) is 2.56. The second-order valence-electron chi connectivity index (χ2n) is 7.53. The van der Waals surface area contributed by atoms with E-state index in [9.17, 15) is 0 Å². The molecule has 2 aliphatic rings. The summed E-state index contributed by atoms with van der Waals surface area (Å²) in [5.41, 5.74) is 6.09. The van der Waals surface area contributed by atoms with Gasteiger partial charge in [0, 0.05) is 12.1 Å². The van der Waals surface area contributed by atoms with E-state index >= 15 is 0 Å². The Bertz CT molecular complexity index is 279. The molecular formula is C18H36N2. The molecule has 0 radical (unpaired) electrons. The lowest BCUT2D eigenvalue weighted by Gasteiger charge is -2.47. The molecule has 0 aromatic carbocycles. The van der Waals surface area contributed by atoms with E-state index in [1.54, 1.807) is 0 Å². The van der Waals surface area contributed by atoms with Crippen LogP contribution >= 0.6 is 0 Å². The van der Waals surface area contributed by atoms with Crippen molar-refractivity contribution in [2.24, 2.45) is 23.5 Å². The minimum absolute atomic E-state index is 0.738. The Morgan fingerprint density at radius 3 is 2.45 bits per heavy atom. The molecule has 2 heteroatoms. The van der Waals surface area contributed by atoms with Crippen molar-refractivity contribution in [2.45, 2.75) is 83.7 Å². The third-order valence-corrected chi connectivity index (χ3v) is 6.18. The predicted octanol–water partition coefficient (Wildman–Crippen LogP) is 4.04. The first kappa shape index (κ1) is 16.3. The van der Waals surface area contributed by atoms with Crippen LogP contribution in [0.5, 0.6) is 0 Å². The topological polar surface area (TPSA) is 29.3 Å². The van der Waals surface area contributed by atoms with E-state index < -0.39 is 0 Å². The van der Waals surface area contributed by atoms with Crippen molar-refractivity contribution in [1.82, 2.24) is 4.90 Å². The second-order valence-corrected chi connectivity index (χ2v) is 7.53. The summed E-state index contributed by atoms with van der Waals surface area (Å²) in [6.07, 6.45) is 12.6. The van der Waals surface area contributed by atoms with E-state index in [4.69, 9.17) is 5.73 Å². The van der Waals surface area contributed by atoms with Gasteiger partial charge in [0.05, 0.1) is 0 Å². The van der Waals surface area contributed by atoms with Gasteiger partial charge in [-0.2, -0.15) is 0 Å². The van der Waals surface area contributed by atoms with Gasteiger partial charge >= 0.3 is 0 Å². The van der Waals surface area contributed by atoms with E-state index in [2.05, 4.69) is 25.8 Å². The van der Waals surface area contributed by atoms with Gasteiger partial charge in [-0.05, 0) is 57.0 Å². The molecule has 5 atom stereocenters. The highest BCUT2D eigenvalue weighted by molar-refractivity contribution is 4.91. The molecule has 2 aliphatic carbocycles. The van der Waals surface area contributed by atoms with Gasteiger partial charge in [-0.25, -0.2) is 0 Å². The number of rotatable bonds is 5. The summed E-state index contributed by atoms with van der Waals surface area (Å²) in [7, 11) is 2.40. The predicted molar refractivity (Wildman–Crippen MR) is 87.8 cm³/mol. The van der Waals surface area contributed by atoms with Crippen molar-refractivity contribution in [3.8, 4) is 0 Å². The Kier molecular flexibility index (Phi) is 6.35. The summed E-state index contributed by atoms with van der Waals surface area (Å²) in [4.78, 5) is 2.75. The van der Waals surface area contributed by atoms with Crippen LogP contribution < -0.4 is 5.73 Å². The molecule has 0 aromatic rings. The second kappa shape index (κ2) is 7.79. The van der Waals surface area contributed by atoms with Crippen molar-refractivity contribution in [3.05, 3.63) is 0 Å². The van der Waals surface area contributed by atoms with Gasteiger partial charge in [0.25, 0.3) is 0 Å². The van der Waals surface area contributed by atoms with Gasteiger partial charge in [0.2, 0.25) is 0 Å². The maximum Gasteiger partial charge on any atom is 0.0138 e. The zero-order chi connectivity index (χ0) is 14.5. The van der Waals surface area contributed by atoms with Crippen molar-refractivity contribution in [1.29, 1.82) is 0 Å². The van der Waals surface area contributed by atoms with Crippen LogP contribution in [0.25, 0.3) is 0 Å². The van der Waals surface area contributed by atoms with Gasteiger partial charge in [-0.1, -0.05) is 46.0 Å². The zero-order valence-electron chi connectivity index (χ0n) is 14.0. The number of hydrogen-bond acceptors (Lipinski definition) is 2. The Hall–Kier alpha value is -0.0800.